The van der Waals surface area contributed by atoms with E-state index in [0.717, 1.165) is 33.9 Å². The van der Waals surface area contributed by atoms with Gasteiger partial charge in [-0.3, -0.25) is 0 Å². The van der Waals surface area contributed by atoms with E-state index in [9.17, 15) is 0 Å². The van der Waals surface area contributed by atoms with Crippen molar-refractivity contribution < 1.29 is 4.74 Å². The number of fused-ring (bicyclic) bond motifs is 1. The summed E-state index contributed by atoms with van der Waals surface area (Å²) in [5.41, 5.74) is 5.13. The fourth-order valence-electron chi connectivity index (χ4n) is 2.48. The van der Waals surface area contributed by atoms with Gasteiger partial charge >= 0.3 is 0 Å². The average molecular weight is 279 g/mol. The maximum Gasteiger partial charge on any atom is 0.158 e. The molecule has 1 fully saturated rings. The second-order valence-electron chi connectivity index (χ2n) is 5.69. The minimum atomic E-state index is 0.412. The highest BCUT2D eigenvalue weighted by molar-refractivity contribution is 5.65. The molecule has 4 nitrogen and oxygen atoms in total. The maximum absolute atomic E-state index is 5.87. The Balaban J connectivity index is 1.79. The Morgan fingerprint density at radius 3 is 2.86 bits per heavy atom. The molecule has 21 heavy (non-hydrogen) atoms. The van der Waals surface area contributed by atoms with Crippen molar-refractivity contribution in [1.82, 2.24) is 14.6 Å². The van der Waals surface area contributed by atoms with Crippen LogP contribution in [-0.2, 0) is 0 Å². The van der Waals surface area contributed by atoms with Crippen LogP contribution >= 0.6 is 0 Å². The molecule has 0 spiro atoms. The highest BCUT2D eigenvalue weighted by atomic mass is 16.5. The summed E-state index contributed by atoms with van der Waals surface area (Å²) in [6.07, 6.45) is 4.60. The molecule has 1 aromatic carbocycles. The number of hydrogen-bond acceptors (Lipinski definition) is 3. The molecule has 0 bridgehead atoms. The van der Waals surface area contributed by atoms with Gasteiger partial charge in [-0.1, -0.05) is 12.1 Å². The molecular weight excluding hydrogens is 262 g/mol. The smallest absolute Gasteiger partial charge is 0.158 e. The fourth-order valence-corrected chi connectivity index (χ4v) is 2.48. The molecule has 2 heterocycles. The SMILES string of the molecule is Cc1cnn2c(C)cc(-c3cccc(OC4CC4)c3)nc12. The van der Waals surface area contributed by atoms with Crippen molar-refractivity contribution in [1.29, 1.82) is 0 Å². The lowest BCUT2D eigenvalue weighted by Crippen LogP contribution is -1.99. The van der Waals surface area contributed by atoms with Crippen LogP contribution in [0, 0.1) is 13.8 Å². The average Bonchev–Trinajstić information content (AvgIpc) is 3.21. The van der Waals surface area contributed by atoms with Gasteiger partial charge in [0.1, 0.15) is 5.75 Å². The molecule has 0 N–H and O–H groups in total. The summed E-state index contributed by atoms with van der Waals surface area (Å²) < 4.78 is 7.75. The number of aryl methyl sites for hydroxylation is 2. The molecule has 0 unspecified atom stereocenters. The zero-order chi connectivity index (χ0) is 14.4. The van der Waals surface area contributed by atoms with Crippen LogP contribution in [0.25, 0.3) is 16.9 Å². The summed E-state index contributed by atoms with van der Waals surface area (Å²) in [5, 5.41) is 4.35. The highest BCUT2D eigenvalue weighted by Gasteiger charge is 2.23. The summed E-state index contributed by atoms with van der Waals surface area (Å²) in [6.45, 7) is 4.08. The van der Waals surface area contributed by atoms with Crippen molar-refractivity contribution >= 4 is 5.65 Å². The van der Waals surface area contributed by atoms with Crippen molar-refractivity contribution in [3.63, 3.8) is 0 Å². The molecular formula is C17H17N3O. The molecule has 1 aliphatic rings. The Labute approximate surface area is 123 Å². The zero-order valence-corrected chi connectivity index (χ0v) is 12.2. The first kappa shape index (κ1) is 12.4. The summed E-state index contributed by atoms with van der Waals surface area (Å²) in [5.74, 6) is 0.930. The largest absolute Gasteiger partial charge is 0.490 e. The van der Waals surface area contributed by atoms with E-state index in [-0.39, 0.29) is 0 Å². The Morgan fingerprint density at radius 1 is 1.19 bits per heavy atom. The summed E-state index contributed by atoms with van der Waals surface area (Å²) in [6, 6.07) is 10.2. The lowest BCUT2D eigenvalue weighted by atomic mass is 10.1. The lowest BCUT2D eigenvalue weighted by Gasteiger charge is -2.08. The first-order valence-corrected chi connectivity index (χ1v) is 7.30. The molecule has 1 aliphatic carbocycles. The second-order valence-corrected chi connectivity index (χ2v) is 5.69. The first-order chi connectivity index (χ1) is 10.2. The molecule has 0 radical (unpaired) electrons. The number of aromatic nitrogens is 3. The van der Waals surface area contributed by atoms with Crippen LogP contribution in [0.1, 0.15) is 24.1 Å². The zero-order valence-electron chi connectivity index (χ0n) is 12.2. The van der Waals surface area contributed by atoms with Gasteiger partial charge in [0.2, 0.25) is 0 Å². The first-order valence-electron chi connectivity index (χ1n) is 7.30. The van der Waals surface area contributed by atoms with E-state index in [2.05, 4.69) is 30.2 Å². The van der Waals surface area contributed by atoms with Crippen LogP contribution in [0.5, 0.6) is 5.75 Å². The quantitative estimate of drug-likeness (QED) is 0.736. The molecule has 4 heteroatoms. The van der Waals surface area contributed by atoms with Crippen molar-refractivity contribution in [2.45, 2.75) is 32.8 Å². The van der Waals surface area contributed by atoms with E-state index in [1.807, 2.05) is 29.8 Å². The number of rotatable bonds is 3. The summed E-state index contributed by atoms with van der Waals surface area (Å²) in [4.78, 5) is 4.75. The Morgan fingerprint density at radius 2 is 2.05 bits per heavy atom. The van der Waals surface area contributed by atoms with E-state index in [1.165, 1.54) is 12.8 Å². The van der Waals surface area contributed by atoms with Crippen molar-refractivity contribution in [3.05, 3.63) is 47.8 Å². The molecule has 106 valence electrons. The van der Waals surface area contributed by atoms with Gasteiger partial charge in [-0.25, -0.2) is 9.50 Å². The lowest BCUT2D eigenvalue weighted by molar-refractivity contribution is 0.303. The van der Waals surface area contributed by atoms with Gasteiger partial charge in [0.25, 0.3) is 0 Å². The van der Waals surface area contributed by atoms with Gasteiger partial charge in [-0.2, -0.15) is 5.10 Å². The molecule has 3 aromatic rings. The normalized spacial score (nSPS) is 14.6. The third-order valence-corrected chi connectivity index (χ3v) is 3.78. The predicted molar refractivity (Wildman–Crippen MR) is 81.5 cm³/mol. The minimum Gasteiger partial charge on any atom is -0.490 e. The van der Waals surface area contributed by atoms with Gasteiger partial charge in [0.05, 0.1) is 18.0 Å². The van der Waals surface area contributed by atoms with Crippen LogP contribution < -0.4 is 4.74 Å². The minimum absolute atomic E-state index is 0.412. The molecule has 1 saturated carbocycles. The van der Waals surface area contributed by atoms with Crippen LogP contribution in [0.15, 0.2) is 36.5 Å². The van der Waals surface area contributed by atoms with E-state index in [1.54, 1.807) is 0 Å². The van der Waals surface area contributed by atoms with Crippen LogP contribution in [0.2, 0.25) is 0 Å². The second kappa shape index (κ2) is 4.58. The monoisotopic (exact) mass is 279 g/mol. The topological polar surface area (TPSA) is 39.4 Å². The van der Waals surface area contributed by atoms with Gasteiger partial charge in [-0.05, 0) is 44.9 Å². The Kier molecular flexibility index (Phi) is 2.70. The van der Waals surface area contributed by atoms with Gasteiger partial charge < -0.3 is 4.74 Å². The Hall–Kier alpha value is -2.36. The van der Waals surface area contributed by atoms with Crippen molar-refractivity contribution in [2.75, 3.05) is 0 Å². The molecule has 0 atom stereocenters. The third-order valence-electron chi connectivity index (χ3n) is 3.78. The van der Waals surface area contributed by atoms with Crippen molar-refractivity contribution in [2.24, 2.45) is 0 Å². The molecule has 4 rings (SSSR count). The molecule has 0 aliphatic heterocycles. The fraction of sp³-hybridized carbons (Fsp3) is 0.294. The van der Waals surface area contributed by atoms with E-state index < -0.39 is 0 Å². The van der Waals surface area contributed by atoms with E-state index >= 15 is 0 Å². The number of ether oxygens (including phenoxy) is 1. The third kappa shape index (κ3) is 2.27. The van der Waals surface area contributed by atoms with Crippen LogP contribution in [0.3, 0.4) is 0 Å². The predicted octanol–water partition coefficient (Wildman–Crippen LogP) is 3.55. The molecule has 2 aromatic heterocycles. The van der Waals surface area contributed by atoms with Crippen molar-refractivity contribution in [3.8, 4) is 17.0 Å². The van der Waals surface area contributed by atoms with Crippen LogP contribution in [0.4, 0.5) is 0 Å². The number of benzene rings is 1. The number of nitrogens with zero attached hydrogens (tertiary/aromatic N) is 3. The highest BCUT2D eigenvalue weighted by Crippen LogP contribution is 2.29. The maximum atomic E-state index is 5.87. The number of hydrogen-bond donors (Lipinski definition) is 0. The van der Waals surface area contributed by atoms with E-state index in [0.29, 0.717) is 6.10 Å². The summed E-state index contributed by atoms with van der Waals surface area (Å²) in [7, 11) is 0. The van der Waals surface area contributed by atoms with Gasteiger partial charge in [-0.15, -0.1) is 0 Å². The van der Waals surface area contributed by atoms with Crippen LogP contribution in [-0.4, -0.2) is 20.7 Å². The summed E-state index contributed by atoms with van der Waals surface area (Å²) >= 11 is 0. The van der Waals surface area contributed by atoms with E-state index in [4.69, 9.17) is 9.72 Å². The molecule has 0 saturated heterocycles. The van der Waals surface area contributed by atoms with Gasteiger partial charge in [0, 0.05) is 16.8 Å². The molecule has 0 amide bonds. The Bertz CT molecular complexity index is 818. The standard InChI is InChI=1S/C17H17N3O/c1-11-10-18-20-12(2)8-16(19-17(11)20)13-4-3-5-15(9-13)21-14-6-7-14/h3-5,8-10,14H,6-7H2,1-2H3. The van der Waals surface area contributed by atoms with Gasteiger partial charge in [0.15, 0.2) is 5.65 Å².